The summed E-state index contributed by atoms with van der Waals surface area (Å²) in [5.41, 5.74) is 2.95. The van der Waals surface area contributed by atoms with Crippen molar-refractivity contribution in [3.8, 4) is 16.3 Å². The largest absolute Gasteiger partial charge is 0.497 e. The van der Waals surface area contributed by atoms with E-state index in [0.717, 1.165) is 32.8 Å². The number of aromatic nitrogens is 2. The van der Waals surface area contributed by atoms with Crippen LogP contribution in [0.1, 0.15) is 22.3 Å². The lowest BCUT2D eigenvalue weighted by molar-refractivity contribution is 0.0917. The fourth-order valence-corrected chi connectivity index (χ4v) is 5.13. The molecule has 2 N–H and O–H groups in total. The Labute approximate surface area is 200 Å². The van der Waals surface area contributed by atoms with E-state index >= 15 is 0 Å². The SMILES string of the molecule is COc1ccc(-c2nccs2)c(C[C@@]2(NC(=O)c3ccc4c(Cl)c[nH]c4c3)C=CC=CC2)c1. The Kier molecular flexibility index (Phi) is 5.79. The summed E-state index contributed by atoms with van der Waals surface area (Å²) in [6.07, 6.45) is 13.0. The second-order valence-corrected chi connectivity index (χ2v) is 9.34. The quantitative estimate of drug-likeness (QED) is 0.350. The van der Waals surface area contributed by atoms with E-state index in [-0.39, 0.29) is 5.91 Å². The van der Waals surface area contributed by atoms with Gasteiger partial charge < -0.3 is 15.0 Å². The molecule has 2 aromatic carbocycles. The Morgan fingerprint density at radius 2 is 2.18 bits per heavy atom. The molecule has 1 amide bonds. The number of carbonyl (C=O) groups excluding carboxylic acids is 1. The van der Waals surface area contributed by atoms with Gasteiger partial charge in [0.25, 0.3) is 5.91 Å². The fraction of sp³-hybridized carbons (Fsp3) is 0.154. The molecule has 166 valence electrons. The van der Waals surface area contributed by atoms with Gasteiger partial charge in [0.15, 0.2) is 0 Å². The first-order chi connectivity index (χ1) is 16.1. The summed E-state index contributed by atoms with van der Waals surface area (Å²) in [5.74, 6) is 0.637. The molecule has 0 radical (unpaired) electrons. The van der Waals surface area contributed by atoms with Gasteiger partial charge in [-0.25, -0.2) is 4.98 Å². The molecule has 1 aliphatic rings. The third kappa shape index (κ3) is 4.32. The number of nitrogens with zero attached hydrogens (tertiary/aromatic N) is 1. The van der Waals surface area contributed by atoms with Crippen LogP contribution in [0.3, 0.4) is 0 Å². The molecule has 5 nitrogen and oxygen atoms in total. The van der Waals surface area contributed by atoms with Gasteiger partial charge in [-0.05, 0) is 42.3 Å². The van der Waals surface area contributed by atoms with Crippen LogP contribution in [-0.4, -0.2) is 28.5 Å². The lowest BCUT2D eigenvalue weighted by Crippen LogP contribution is -2.49. The average molecular weight is 476 g/mol. The van der Waals surface area contributed by atoms with Gasteiger partial charge in [-0.1, -0.05) is 42.0 Å². The van der Waals surface area contributed by atoms with E-state index < -0.39 is 5.54 Å². The summed E-state index contributed by atoms with van der Waals surface area (Å²) in [5, 5.41) is 7.74. The second kappa shape index (κ2) is 8.89. The molecule has 0 aliphatic heterocycles. The van der Waals surface area contributed by atoms with Crippen LogP contribution in [-0.2, 0) is 6.42 Å². The molecule has 0 fully saturated rings. The predicted molar refractivity (Wildman–Crippen MR) is 134 cm³/mol. The number of thiazole rings is 1. The summed E-state index contributed by atoms with van der Waals surface area (Å²) in [7, 11) is 1.66. The number of methoxy groups -OCH3 is 1. The molecular weight excluding hydrogens is 454 g/mol. The van der Waals surface area contributed by atoms with Crippen molar-refractivity contribution >= 4 is 39.7 Å². The minimum absolute atomic E-state index is 0.138. The van der Waals surface area contributed by atoms with Crippen LogP contribution >= 0.6 is 22.9 Å². The first-order valence-corrected chi connectivity index (χ1v) is 11.8. The number of carbonyl (C=O) groups is 1. The summed E-state index contributed by atoms with van der Waals surface area (Å²) in [6, 6.07) is 11.5. The van der Waals surface area contributed by atoms with Crippen LogP contribution in [0.25, 0.3) is 21.5 Å². The van der Waals surface area contributed by atoms with E-state index in [9.17, 15) is 4.79 Å². The van der Waals surface area contributed by atoms with Crippen molar-refractivity contribution in [1.29, 1.82) is 0 Å². The number of hydrogen-bond acceptors (Lipinski definition) is 4. The third-order valence-electron chi connectivity index (χ3n) is 5.88. The molecule has 2 heterocycles. The molecule has 2 aromatic heterocycles. The lowest BCUT2D eigenvalue weighted by atomic mass is 9.83. The highest BCUT2D eigenvalue weighted by Crippen LogP contribution is 2.34. The van der Waals surface area contributed by atoms with Crippen LogP contribution in [0.15, 0.2) is 78.5 Å². The number of halogens is 1. The van der Waals surface area contributed by atoms with Crippen molar-refractivity contribution in [2.45, 2.75) is 18.4 Å². The van der Waals surface area contributed by atoms with Crippen molar-refractivity contribution in [1.82, 2.24) is 15.3 Å². The number of benzene rings is 2. The highest BCUT2D eigenvalue weighted by atomic mass is 35.5. The number of rotatable bonds is 6. The van der Waals surface area contributed by atoms with E-state index in [1.807, 2.05) is 47.9 Å². The minimum Gasteiger partial charge on any atom is -0.497 e. The first kappa shape index (κ1) is 21.5. The van der Waals surface area contributed by atoms with Gasteiger partial charge in [0.05, 0.1) is 17.7 Å². The number of amides is 1. The van der Waals surface area contributed by atoms with Crippen LogP contribution in [0, 0.1) is 0 Å². The zero-order valence-corrected chi connectivity index (χ0v) is 19.5. The van der Waals surface area contributed by atoms with E-state index in [1.54, 1.807) is 36.9 Å². The maximum atomic E-state index is 13.3. The van der Waals surface area contributed by atoms with Crippen molar-refractivity contribution in [2.24, 2.45) is 0 Å². The van der Waals surface area contributed by atoms with E-state index in [0.29, 0.717) is 23.4 Å². The smallest absolute Gasteiger partial charge is 0.252 e. The summed E-state index contributed by atoms with van der Waals surface area (Å²) in [6.45, 7) is 0. The Hall–Kier alpha value is -3.35. The Balaban J connectivity index is 1.49. The minimum atomic E-state index is -0.577. The molecule has 1 aliphatic carbocycles. The van der Waals surface area contributed by atoms with Gasteiger partial charge in [-0.2, -0.15) is 0 Å². The van der Waals surface area contributed by atoms with Gasteiger partial charge in [0, 0.05) is 46.2 Å². The summed E-state index contributed by atoms with van der Waals surface area (Å²) in [4.78, 5) is 21.0. The summed E-state index contributed by atoms with van der Waals surface area (Å²) < 4.78 is 5.49. The first-order valence-electron chi connectivity index (χ1n) is 10.6. The highest BCUT2D eigenvalue weighted by Gasteiger charge is 2.31. The summed E-state index contributed by atoms with van der Waals surface area (Å²) >= 11 is 7.78. The van der Waals surface area contributed by atoms with E-state index in [4.69, 9.17) is 16.3 Å². The molecule has 0 unspecified atom stereocenters. The van der Waals surface area contributed by atoms with Gasteiger partial charge in [0.1, 0.15) is 10.8 Å². The third-order valence-corrected chi connectivity index (χ3v) is 7.00. The highest BCUT2D eigenvalue weighted by molar-refractivity contribution is 7.13. The standard InChI is InChI=1S/C26H22ClN3O2S/c1-32-19-6-8-20(25-28-11-12-33-25)18(13-19)15-26(9-3-2-4-10-26)30-24(31)17-5-7-21-22(27)16-29-23(21)14-17/h2-9,11-14,16,29H,10,15H2,1H3,(H,30,31)/t26-/m1/s1. The van der Waals surface area contributed by atoms with E-state index in [1.165, 1.54) is 0 Å². The Bertz CT molecular complexity index is 1370. The second-order valence-electron chi connectivity index (χ2n) is 8.04. The molecule has 4 aromatic rings. The van der Waals surface area contributed by atoms with E-state index in [2.05, 4.69) is 27.4 Å². The Morgan fingerprint density at radius 3 is 2.94 bits per heavy atom. The lowest BCUT2D eigenvalue weighted by Gasteiger charge is -2.33. The molecular formula is C26H22ClN3O2S. The number of fused-ring (bicyclic) bond motifs is 1. The monoisotopic (exact) mass is 475 g/mol. The molecule has 0 saturated heterocycles. The van der Waals surface area contributed by atoms with Crippen LogP contribution in [0.5, 0.6) is 5.75 Å². The fourth-order valence-electron chi connectivity index (χ4n) is 4.21. The van der Waals surface area contributed by atoms with Crippen molar-refractivity contribution in [2.75, 3.05) is 7.11 Å². The number of aromatic amines is 1. The van der Waals surface area contributed by atoms with Crippen molar-refractivity contribution in [3.05, 3.63) is 94.6 Å². The topological polar surface area (TPSA) is 67.0 Å². The number of ether oxygens (including phenoxy) is 1. The maximum absolute atomic E-state index is 13.3. The molecule has 33 heavy (non-hydrogen) atoms. The number of H-pyrrole nitrogens is 1. The van der Waals surface area contributed by atoms with Crippen LogP contribution < -0.4 is 10.1 Å². The average Bonchev–Trinajstić information content (AvgIpc) is 3.49. The molecule has 7 heteroatoms. The number of allylic oxidation sites excluding steroid dienone is 2. The van der Waals surface area contributed by atoms with Crippen molar-refractivity contribution in [3.63, 3.8) is 0 Å². The zero-order chi connectivity index (χ0) is 22.8. The van der Waals surface area contributed by atoms with Gasteiger partial charge in [0.2, 0.25) is 0 Å². The molecule has 0 saturated carbocycles. The predicted octanol–water partition coefficient (Wildman–Crippen LogP) is 6.18. The molecule has 0 spiro atoms. The number of hydrogen-bond donors (Lipinski definition) is 2. The van der Waals surface area contributed by atoms with Gasteiger partial charge in [-0.3, -0.25) is 4.79 Å². The van der Waals surface area contributed by atoms with Crippen LogP contribution in [0.4, 0.5) is 0 Å². The maximum Gasteiger partial charge on any atom is 0.252 e. The van der Waals surface area contributed by atoms with Gasteiger partial charge >= 0.3 is 0 Å². The van der Waals surface area contributed by atoms with Crippen molar-refractivity contribution < 1.29 is 9.53 Å². The molecule has 1 atom stereocenters. The number of nitrogens with one attached hydrogen (secondary N) is 2. The normalized spacial score (nSPS) is 17.4. The zero-order valence-electron chi connectivity index (χ0n) is 18.0. The van der Waals surface area contributed by atoms with Gasteiger partial charge in [-0.15, -0.1) is 11.3 Å². The molecule has 0 bridgehead atoms. The van der Waals surface area contributed by atoms with Crippen LogP contribution in [0.2, 0.25) is 5.02 Å². The Morgan fingerprint density at radius 1 is 1.27 bits per heavy atom. The molecule has 5 rings (SSSR count).